The minimum Gasteiger partial charge on any atom is -0.507 e. The first-order chi connectivity index (χ1) is 15.9. The summed E-state index contributed by atoms with van der Waals surface area (Å²) in [6.45, 7) is 0. The predicted molar refractivity (Wildman–Crippen MR) is 138 cm³/mol. The lowest BCUT2D eigenvalue weighted by atomic mass is 9.93. The summed E-state index contributed by atoms with van der Waals surface area (Å²) in [6.07, 6.45) is 1.34. The number of carbonyl (C=O) groups excluding carboxylic acids is 1. The molecule has 164 valence electrons. The lowest BCUT2D eigenvalue weighted by Crippen LogP contribution is -2.30. The number of rotatable bonds is 6. The zero-order chi connectivity index (χ0) is 23.4. The molecule has 1 atom stereocenters. The SMILES string of the molecule is Bc1cc(/C=N/NC(=O)C(Nc2ccc3ccccc3c2)c2ccccc2)c(O)c(Br)c1O. The Morgan fingerprint density at radius 3 is 2.39 bits per heavy atom. The van der Waals surface area contributed by atoms with Gasteiger partial charge in [-0.2, -0.15) is 5.10 Å². The number of anilines is 1. The number of hydrogen-bond acceptors (Lipinski definition) is 5. The van der Waals surface area contributed by atoms with Crippen LogP contribution in [-0.2, 0) is 4.79 Å². The highest BCUT2D eigenvalue weighted by atomic mass is 79.9. The second-order valence-electron chi connectivity index (χ2n) is 7.58. The number of nitrogens with one attached hydrogen (secondary N) is 2. The van der Waals surface area contributed by atoms with Gasteiger partial charge in [-0.25, -0.2) is 5.43 Å². The second kappa shape index (κ2) is 9.79. The van der Waals surface area contributed by atoms with Gasteiger partial charge in [0.1, 0.15) is 29.9 Å². The van der Waals surface area contributed by atoms with Crippen molar-refractivity contribution in [2.24, 2.45) is 5.10 Å². The normalized spacial score (nSPS) is 12.0. The number of amides is 1. The van der Waals surface area contributed by atoms with Gasteiger partial charge in [0.25, 0.3) is 5.91 Å². The van der Waals surface area contributed by atoms with Crippen LogP contribution >= 0.6 is 15.9 Å². The number of carbonyl (C=O) groups is 1. The average Bonchev–Trinajstić information content (AvgIpc) is 2.84. The highest BCUT2D eigenvalue weighted by Crippen LogP contribution is 2.33. The molecular weight excluding hydrogens is 481 g/mol. The minimum absolute atomic E-state index is 0.0441. The van der Waals surface area contributed by atoms with Crippen molar-refractivity contribution in [3.8, 4) is 11.5 Å². The largest absolute Gasteiger partial charge is 0.507 e. The number of phenolic OH excluding ortho intramolecular Hbond substituents is 2. The number of phenols is 2. The van der Waals surface area contributed by atoms with Gasteiger partial charge in [0, 0.05) is 11.3 Å². The number of fused-ring (bicyclic) bond motifs is 1. The third kappa shape index (κ3) is 5.01. The summed E-state index contributed by atoms with van der Waals surface area (Å²) >= 11 is 3.15. The summed E-state index contributed by atoms with van der Waals surface area (Å²) in [4.78, 5) is 13.1. The Morgan fingerprint density at radius 1 is 0.939 bits per heavy atom. The van der Waals surface area contributed by atoms with Crippen LogP contribution in [0, 0.1) is 0 Å². The number of aromatic hydroxyl groups is 2. The van der Waals surface area contributed by atoms with E-state index in [0.29, 0.717) is 11.0 Å². The summed E-state index contributed by atoms with van der Waals surface area (Å²) in [6, 6.07) is 24.2. The van der Waals surface area contributed by atoms with E-state index in [4.69, 9.17) is 0 Å². The standard InChI is InChI=1S/C25H21BBrN3O3/c26-20-13-18(23(31)21(27)24(20)32)14-28-30-25(33)22(16-7-2-1-3-8-16)29-19-11-10-15-6-4-5-9-17(15)12-19/h1-14,22,29,31-32H,26H2,(H,30,33)/b28-14+. The number of hydrogen-bond donors (Lipinski definition) is 4. The Balaban J connectivity index is 1.57. The van der Waals surface area contributed by atoms with Gasteiger partial charge in [0.2, 0.25) is 0 Å². The molecule has 0 saturated heterocycles. The number of benzene rings is 4. The van der Waals surface area contributed by atoms with E-state index in [1.807, 2.05) is 72.8 Å². The van der Waals surface area contributed by atoms with E-state index in [-0.39, 0.29) is 21.9 Å². The molecule has 0 spiro atoms. The van der Waals surface area contributed by atoms with Gasteiger partial charge in [-0.3, -0.25) is 4.79 Å². The van der Waals surface area contributed by atoms with E-state index in [1.165, 1.54) is 6.21 Å². The molecule has 4 N–H and O–H groups in total. The molecule has 4 aromatic carbocycles. The molecule has 0 aromatic heterocycles. The van der Waals surface area contributed by atoms with Crippen molar-refractivity contribution in [2.45, 2.75) is 6.04 Å². The highest BCUT2D eigenvalue weighted by Gasteiger charge is 2.20. The van der Waals surface area contributed by atoms with Crippen molar-refractivity contribution in [3.05, 3.63) is 94.5 Å². The first-order valence-electron chi connectivity index (χ1n) is 10.3. The van der Waals surface area contributed by atoms with Crippen molar-refractivity contribution in [2.75, 3.05) is 5.32 Å². The summed E-state index contributed by atoms with van der Waals surface area (Å²) < 4.78 is 0.176. The van der Waals surface area contributed by atoms with Gasteiger partial charge in [-0.1, -0.05) is 66.7 Å². The summed E-state index contributed by atoms with van der Waals surface area (Å²) in [5.41, 5.74) is 5.05. The van der Waals surface area contributed by atoms with Crippen LogP contribution in [0.15, 0.2) is 88.4 Å². The molecule has 4 aromatic rings. The van der Waals surface area contributed by atoms with E-state index in [2.05, 4.69) is 31.8 Å². The minimum atomic E-state index is -0.689. The maximum Gasteiger partial charge on any atom is 0.267 e. The molecule has 0 saturated carbocycles. The highest BCUT2D eigenvalue weighted by molar-refractivity contribution is 9.10. The molecule has 0 aliphatic rings. The molecule has 8 heteroatoms. The fourth-order valence-electron chi connectivity index (χ4n) is 3.50. The van der Waals surface area contributed by atoms with Gasteiger partial charge in [0.05, 0.1) is 6.21 Å². The third-order valence-electron chi connectivity index (χ3n) is 5.27. The smallest absolute Gasteiger partial charge is 0.267 e. The fourth-order valence-corrected chi connectivity index (χ4v) is 4.04. The molecule has 4 rings (SSSR count). The maximum absolute atomic E-state index is 13.1. The summed E-state index contributed by atoms with van der Waals surface area (Å²) in [7, 11) is 1.70. The van der Waals surface area contributed by atoms with Gasteiger partial charge in [0.15, 0.2) is 0 Å². The van der Waals surface area contributed by atoms with Crippen LogP contribution in [0.2, 0.25) is 0 Å². The predicted octanol–water partition coefficient (Wildman–Crippen LogP) is 3.58. The molecule has 0 aliphatic carbocycles. The molecular formula is C25H21BBrN3O3. The van der Waals surface area contributed by atoms with E-state index >= 15 is 0 Å². The molecule has 0 aliphatic heterocycles. The molecule has 0 bridgehead atoms. The van der Waals surface area contributed by atoms with Crippen LogP contribution in [0.1, 0.15) is 17.2 Å². The van der Waals surface area contributed by atoms with E-state index in [1.54, 1.807) is 13.9 Å². The molecule has 0 fully saturated rings. The van der Waals surface area contributed by atoms with Crippen molar-refractivity contribution in [3.63, 3.8) is 0 Å². The fraction of sp³-hybridized carbons (Fsp3) is 0.0400. The first kappa shape index (κ1) is 22.4. The topological polar surface area (TPSA) is 94.0 Å². The third-order valence-corrected chi connectivity index (χ3v) is 6.02. The molecule has 0 radical (unpaired) electrons. The Labute approximate surface area is 200 Å². The summed E-state index contributed by atoms with van der Waals surface area (Å²) in [5.74, 6) is -0.568. The Morgan fingerprint density at radius 2 is 1.64 bits per heavy atom. The monoisotopic (exact) mass is 501 g/mol. The Hall–Kier alpha value is -3.78. The molecule has 6 nitrogen and oxygen atoms in total. The van der Waals surface area contributed by atoms with E-state index in [0.717, 1.165) is 22.0 Å². The van der Waals surface area contributed by atoms with Crippen molar-refractivity contribution < 1.29 is 15.0 Å². The Kier molecular flexibility index (Phi) is 6.65. The zero-order valence-electron chi connectivity index (χ0n) is 17.8. The van der Waals surface area contributed by atoms with Crippen LogP contribution in [0.4, 0.5) is 5.69 Å². The van der Waals surface area contributed by atoms with Crippen molar-refractivity contribution in [1.29, 1.82) is 0 Å². The van der Waals surface area contributed by atoms with Gasteiger partial charge in [-0.15, -0.1) is 0 Å². The first-order valence-corrected chi connectivity index (χ1v) is 11.1. The summed E-state index contributed by atoms with van der Waals surface area (Å²) in [5, 5.41) is 29.6. The molecule has 1 amide bonds. The average molecular weight is 502 g/mol. The van der Waals surface area contributed by atoms with Crippen molar-refractivity contribution in [1.82, 2.24) is 5.43 Å². The lowest BCUT2D eigenvalue weighted by molar-refractivity contribution is -0.121. The van der Waals surface area contributed by atoms with Gasteiger partial charge < -0.3 is 15.5 Å². The lowest BCUT2D eigenvalue weighted by Gasteiger charge is -2.19. The molecule has 33 heavy (non-hydrogen) atoms. The maximum atomic E-state index is 13.1. The van der Waals surface area contributed by atoms with Gasteiger partial charge in [-0.05, 0) is 49.9 Å². The molecule has 1 unspecified atom stereocenters. The van der Waals surface area contributed by atoms with E-state index < -0.39 is 6.04 Å². The number of halogens is 1. The van der Waals surface area contributed by atoms with Crippen LogP contribution in [0.3, 0.4) is 0 Å². The van der Waals surface area contributed by atoms with Crippen molar-refractivity contribution >= 4 is 57.8 Å². The number of nitrogens with zero attached hydrogens (tertiary/aromatic N) is 1. The van der Waals surface area contributed by atoms with E-state index in [9.17, 15) is 15.0 Å². The van der Waals surface area contributed by atoms with Crippen LogP contribution in [0.5, 0.6) is 11.5 Å². The van der Waals surface area contributed by atoms with Crippen LogP contribution in [0.25, 0.3) is 10.8 Å². The molecule has 0 heterocycles. The van der Waals surface area contributed by atoms with Gasteiger partial charge >= 0.3 is 0 Å². The zero-order valence-corrected chi connectivity index (χ0v) is 19.4. The van der Waals surface area contributed by atoms with Crippen LogP contribution < -0.4 is 16.2 Å². The van der Waals surface area contributed by atoms with Crippen LogP contribution in [-0.4, -0.2) is 30.2 Å². The number of hydrazone groups is 1. The quantitative estimate of drug-likeness (QED) is 0.184. The second-order valence-corrected chi connectivity index (χ2v) is 8.37. The Bertz CT molecular complexity index is 1350.